The summed E-state index contributed by atoms with van der Waals surface area (Å²) in [5, 5.41) is 0. The molecule has 0 bridgehead atoms. The Hall–Kier alpha value is 0. The molecule has 0 rings (SSSR count). The van der Waals surface area contributed by atoms with Gasteiger partial charge in [0, 0.05) is 0 Å². The first kappa shape index (κ1) is 12.0. The molecule has 0 fully saturated rings. The highest BCUT2D eigenvalue weighted by Gasteiger charge is 2.16. The molecule has 0 aromatic heterocycles. The summed E-state index contributed by atoms with van der Waals surface area (Å²) in [6.45, 7) is 11.7. The average Bonchev–Trinajstić information content (AvgIpc) is 2.06. The lowest BCUT2D eigenvalue weighted by Crippen LogP contribution is -2.11. The zero-order valence-corrected chi connectivity index (χ0v) is 9.61. The molecule has 0 nitrogen and oxygen atoms in total. The summed E-state index contributed by atoms with van der Waals surface area (Å²) in [5.41, 5.74) is 0.572. The van der Waals surface area contributed by atoms with Gasteiger partial charge in [-0.3, -0.25) is 0 Å². The predicted molar refractivity (Wildman–Crippen MR) is 57.4 cm³/mol. The van der Waals surface area contributed by atoms with Crippen molar-refractivity contribution in [3.63, 3.8) is 0 Å². The van der Waals surface area contributed by atoms with E-state index in [4.69, 9.17) is 0 Å². The van der Waals surface area contributed by atoms with Crippen molar-refractivity contribution in [1.29, 1.82) is 0 Å². The molecule has 74 valence electrons. The molecule has 0 aliphatic rings. The van der Waals surface area contributed by atoms with E-state index in [9.17, 15) is 0 Å². The van der Waals surface area contributed by atoms with Crippen LogP contribution in [0, 0.1) is 11.3 Å². The van der Waals surface area contributed by atoms with Crippen molar-refractivity contribution in [2.75, 3.05) is 0 Å². The minimum absolute atomic E-state index is 0.572. The van der Waals surface area contributed by atoms with Crippen molar-refractivity contribution in [1.82, 2.24) is 0 Å². The summed E-state index contributed by atoms with van der Waals surface area (Å²) in [5.74, 6) is 0.968. The van der Waals surface area contributed by atoms with Crippen LogP contribution in [-0.2, 0) is 0 Å². The van der Waals surface area contributed by atoms with Crippen LogP contribution in [-0.4, -0.2) is 0 Å². The zero-order valence-electron chi connectivity index (χ0n) is 9.61. The topological polar surface area (TPSA) is 0 Å². The van der Waals surface area contributed by atoms with Gasteiger partial charge in [-0.25, -0.2) is 0 Å². The van der Waals surface area contributed by atoms with E-state index in [2.05, 4.69) is 34.6 Å². The van der Waals surface area contributed by atoms with Gasteiger partial charge in [-0.1, -0.05) is 53.9 Å². The van der Waals surface area contributed by atoms with Gasteiger partial charge < -0.3 is 0 Å². The van der Waals surface area contributed by atoms with E-state index in [0.717, 1.165) is 5.92 Å². The molecule has 0 saturated carbocycles. The van der Waals surface area contributed by atoms with Crippen molar-refractivity contribution in [2.24, 2.45) is 11.3 Å². The average molecular weight is 170 g/mol. The number of hydrogen-bond donors (Lipinski definition) is 0. The standard InChI is InChI=1S/C12H26/c1-6-11(7-2)9-10-12(4,5)8-3/h11H,6-10H2,1-5H3. The molecule has 0 atom stereocenters. The Morgan fingerprint density at radius 3 is 1.83 bits per heavy atom. The third-order valence-corrected chi connectivity index (χ3v) is 3.34. The summed E-state index contributed by atoms with van der Waals surface area (Å²) in [4.78, 5) is 0. The Kier molecular flexibility index (Phi) is 5.61. The maximum atomic E-state index is 2.38. The van der Waals surface area contributed by atoms with Gasteiger partial charge in [0.2, 0.25) is 0 Å². The molecule has 0 aliphatic carbocycles. The van der Waals surface area contributed by atoms with Crippen LogP contribution in [0.25, 0.3) is 0 Å². The van der Waals surface area contributed by atoms with Crippen LogP contribution in [0.1, 0.15) is 66.7 Å². The summed E-state index contributed by atoms with van der Waals surface area (Å²) >= 11 is 0. The van der Waals surface area contributed by atoms with Gasteiger partial charge in [-0.05, 0) is 24.2 Å². The fraction of sp³-hybridized carbons (Fsp3) is 1.00. The van der Waals surface area contributed by atoms with Crippen LogP contribution in [0.3, 0.4) is 0 Å². The fourth-order valence-electron chi connectivity index (χ4n) is 1.47. The summed E-state index contributed by atoms with van der Waals surface area (Å²) in [6.07, 6.45) is 6.85. The highest BCUT2D eigenvalue weighted by molar-refractivity contribution is 4.68. The van der Waals surface area contributed by atoms with E-state index in [1.54, 1.807) is 0 Å². The molecule has 0 amide bonds. The second-order valence-corrected chi connectivity index (χ2v) is 4.74. The van der Waals surface area contributed by atoms with Gasteiger partial charge in [-0.2, -0.15) is 0 Å². The van der Waals surface area contributed by atoms with E-state index < -0.39 is 0 Å². The summed E-state index contributed by atoms with van der Waals surface area (Å²) in [6, 6.07) is 0. The molecule has 12 heavy (non-hydrogen) atoms. The Balaban J connectivity index is 3.65. The van der Waals surface area contributed by atoms with Crippen molar-refractivity contribution >= 4 is 0 Å². The Labute approximate surface area is 78.8 Å². The highest BCUT2D eigenvalue weighted by Crippen LogP contribution is 2.29. The van der Waals surface area contributed by atoms with E-state index in [-0.39, 0.29) is 0 Å². The van der Waals surface area contributed by atoms with Crippen LogP contribution in [0.4, 0.5) is 0 Å². The van der Waals surface area contributed by atoms with E-state index in [0.29, 0.717) is 5.41 Å². The first-order valence-electron chi connectivity index (χ1n) is 5.55. The third-order valence-electron chi connectivity index (χ3n) is 3.34. The van der Waals surface area contributed by atoms with Gasteiger partial charge in [0.25, 0.3) is 0 Å². The minimum Gasteiger partial charge on any atom is -0.0651 e. The first-order valence-corrected chi connectivity index (χ1v) is 5.55. The van der Waals surface area contributed by atoms with Gasteiger partial charge in [0.15, 0.2) is 0 Å². The van der Waals surface area contributed by atoms with Crippen LogP contribution in [0.2, 0.25) is 0 Å². The van der Waals surface area contributed by atoms with Crippen LogP contribution < -0.4 is 0 Å². The normalized spacial score (nSPS) is 12.5. The third kappa shape index (κ3) is 4.79. The Bertz CT molecular complexity index is 98.6. The smallest absolute Gasteiger partial charge is 0.0357 e. The van der Waals surface area contributed by atoms with E-state index in [1.165, 1.54) is 32.1 Å². The molecular formula is C12H26. The number of hydrogen-bond acceptors (Lipinski definition) is 0. The van der Waals surface area contributed by atoms with E-state index >= 15 is 0 Å². The lowest BCUT2D eigenvalue weighted by molar-refractivity contribution is 0.277. The van der Waals surface area contributed by atoms with Crippen molar-refractivity contribution < 1.29 is 0 Å². The molecule has 0 N–H and O–H groups in total. The molecule has 0 heterocycles. The SMILES string of the molecule is CCC(CC)CCC(C)(C)CC. The molecule has 0 spiro atoms. The van der Waals surface area contributed by atoms with Crippen molar-refractivity contribution in [3.8, 4) is 0 Å². The fourth-order valence-corrected chi connectivity index (χ4v) is 1.47. The largest absolute Gasteiger partial charge is 0.0651 e. The molecule has 0 heteroatoms. The Morgan fingerprint density at radius 2 is 1.50 bits per heavy atom. The van der Waals surface area contributed by atoms with Gasteiger partial charge in [0.05, 0.1) is 0 Å². The van der Waals surface area contributed by atoms with Gasteiger partial charge >= 0.3 is 0 Å². The second kappa shape index (κ2) is 5.61. The molecule has 0 saturated heterocycles. The molecule has 0 aromatic rings. The van der Waals surface area contributed by atoms with Crippen molar-refractivity contribution in [3.05, 3.63) is 0 Å². The molecular weight excluding hydrogens is 144 g/mol. The maximum absolute atomic E-state index is 2.38. The quantitative estimate of drug-likeness (QED) is 0.545. The molecule has 0 aromatic carbocycles. The second-order valence-electron chi connectivity index (χ2n) is 4.74. The summed E-state index contributed by atoms with van der Waals surface area (Å²) in [7, 11) is 0. The minimum atomic E-state index is 0.572. The Morgan fingerprint density at radius 1 is 1.00 bits per heavy atom. The van der Waals surface area contributed by atoms with Gasteiger partial charge in [-0.15, -0.1) is 0 Å². The molecule has 0 aliphatic heterocycles. The predicted octanol–water partition coefficient (Wildman–Crippen LogP) is 4.64. The summed E-state index contributed by atoms with van der Waals surface area (Å²) < 4.78 is 0. The lowest BCUT2D eigenvalue weighted by Gasteiger charge is -2.24. The first-order chi connectivity index (χ1) is 5.55. The van der Waals surface area contributed by atoms with Crippen molar-refractivity contribution in [2.45, 2.75) is 66.7 Å². The van der Waals surface area contributed by atoms with Gasteiger partial charge in [0.1, 0.15) is 0 Å². The molecule has 0 radical (unpaired) electrons. The highest BCUT2D eigenvalue weighted by atomic mass is 14.2. The van der Waals surface area contributed by atoms with Crippen LogP contribution in [0.5, 0.6) is 0 Å². The van der Waals surface area contributed by atoms with E-state index in [1.807, 2.05) is 0 Å². The molecule has 0 unspecified atom stereocenters. The zero-order chi connectivity index (χ0) is 9.61. The monoisotopic (exact) mass is 170 g/mol. The lowest BCUT2D eigenvalue weighted by atomic mass is 9.81. The maximum Gasteiger partial charge on any atom is -0.0357 e. The number of rotatable bonds is 6. The van der Waals surface area contributed by atoms with Crippen LogP contribution in [0.15, 0.2) is 0 Å². The van der Waals surface area contributed by atoms with Crippen LogP contribution >= 0.6 is 0 Å².